The van der Waals surface area contributed by atoms with Crippen molar-refractivity contribution in [3.8, 4) is 0 Å². The van der Waals surface area contributed by atoms with Gasteiger partial charge in [0.25, 0.3) is 5.91 Å². The first-order valence-corrected chi connectivity index (χ1v) is 8.06. The Morgan fingerprint density at radius 1 is 1.55 bits per heavy atom. The van der Waals surface area contributed by atoms with Gasteiger partial charge in [0.1, 0.15) is 4.88 Å². The summed E-state index contributed by atoms with van der Waals surface area (Å²) < 4.78 is 0. The van der Waals surface area contributed by atoms with E-state index < -0.39 is 5.60 Å². The smallest absolute Gasteiger partial charge is 0.263 e. The molecule has 0 aliphatic heterocycles. The summed E-state index contributed by atoms with van der Waals surface area (Å²) in [5, 5.41) is 13.8. The summed E-state index contributed by atoms with van der Waals surface area (Å²) in [6.07, 6.45) is 4.13. The third kappa shape index (κ3) is 4.56. The fourth-order valence-corrected chi connectivity index (χ4v) is 3.49. The molecular weight excluding hydrogens is 272 g/mol. The number of aliphatic hydroxyl groups is 1. The summed E-state index contributed by atoms with van der Waals surface area (Å²) in [5.74, 6) is 0.712. The molecule has 0 saturated heterocycles. The molecule has 1 aromatic rings. The van der Waals surface area contributed by atoms with Gasteiger partial charge in [0.05, 0.1) is 16.3 Å². The molecule has 1 aromatic heterocycles. The van der Waals surface area contributed by atoms with Crippen LogP contribution in [0.4, 0.5) is 0 Å². The van der Waals surface area contributed by atoms with Crippen LogP contribution in [-0.2, 0) is 6.42 Å². The van der Waals surface area contributed by atoms with Crippen LogP contribution >= 0.6 is 11.3 Å². The number of thiazole rings is 1. The van der Waals surface area contributed by atoms with E-state index in [1.54, 1.807) is 13.8 Å². The molecule has 2 N–H and O–H groups in total. The van der Waals surface area contributed by atoms with E-state index in [0.717, 1.165) is 23.0 Å². The summed E-state index contributed by atoms with van der Waals surface area (Å²) in [5.41, 5.74) is 0.0469. The van der Waals surface area contributed by atoms with Crippen molar-refractivity contribution in [1.29, 1.82) is 0 Å². The van der Waals surface area contributed by atoms with Gasteiger partial charge in [0, 0.05) is 12.5 Å². The lowest BCUT2D eigenvalue weighted by molar-refractivity contribution is 0.0594. The Labute approximate surface area is 124 Å². The van der Waals surface area contributed by atoms with E-state index in [0.29, 0.717) is 11.3 Å². The van der Waals surface area contributed by atoms with Gasteiger partial charge in [0.15, 0.2) is 0 Å². The van der Waals surface area contributed by atoms with Gasteiger partial charge in [0.2, 0.25) is 0 Å². The van der Waals surface area contributed by atoms with E-state index in [4.69, 9.17) is 0 Å². The first-order valence-electron chi connectivity index (χ1n) is 7.24. The Morgan fingerprint density at radius 3 is 2.75 bits per heavy atom. The fourth-order valence-electron chi connectivity index (χ4n) is 2.41. The summed E-state index contributed by atoms with van der Waals surface area (Å²) in [4.78, 5) is 17.5. The minimum Gasteiger partial charge on any atom is -0.390 e. The Kier molecular flexibility index (Phi) is 4.49. The van der Waals surface area contributed by atoms with Crippen LogP contribution in [0.1, 0.15) is 60.4 Å². The summed E-state index contributed by atoms with van der Waals surface area (Å²) >= 11 is 1.51. The molecule has 1 unspecified atom stereocenters. The van der Waals surface area contributed by atoms with Gasteiger partial charge in [-0.25, -0.2) is 4.98 Å². The Hall–Kier alpha value is -0.940. The molecule has 1 fully saturated rings. The van der Waals surface area contributed by atoms with Gasteiger partial charge >= 0.3 is 0 Å². The molecule has 0 aromatic carbocycles. The highest BCUT2D eigenvalue weighted by atomic mass is 32.1. The van der Waals surface area contributed by atoms with Crippen LogP contribution in [0, 0.1) is 12.8 Å². The number of nitrogens with zero attached hydrogens (tertiary/aromatic N) is 1. The van der Waals surface area contributed by atoms with Crippen molar-refractivity contribution in [3.63, 3.8) is 0 Å². The zero-order valence-electron chi connectivity index (χ0n) is 12.7. The molecule has 0 spiro atoms. The molecule has 5 heteroatoms. The van der Waals surface area contributed by atoms with E-state index in [9.17, 15) is 9.90 Å². The van der Waals surface area contributed by atoms with Crippen molar-refractivity contribution >= 4 is 17.2 Å². The average molecular weight is 296 g/mol. The second kappa shape index (κ2) is 5.82. The number of nitrogens with one attached hydrogen (secondary N) is 1. The maximum Gasteiger partial charge on any atom is 0.263 e. The lowest BCUT2D eigenvalue weighted by Gasteiger charge is -2.22. The van der Waals surface area contributed by atoms with Crippen LogP contribution in [0.3, 0.4) is 0 Å². The standard InChI is InChI=1S/C15H24N2O2S/c1-9(8-15(3,4)19)16-14(18)13-10(2)17-12(20-13)7-11-5-6-11/h9,11,19H,5-8H2,1-4H3,(H,16,18). The van der Waals surface area contributed by atoms with E-state index in [-0.39, 0.29) is 11.9 Å². The minimum atomic E-state index is -0.771. The first-order chi connectivity index (χ1) is 9.24. The van der Waals surface area contributed by atoms with Crippen molar-refractivity contribution in [1.82, 2.24) is 10.3 Å². The predicted octanol–water partition coefficient (Wildman–Crippen LogP) is 2.68. The third-order valence-electron chi connectivity index (χ3n) is 3.39. The molecule has 20 heavy (non-hydrogen) atoms. The van der Waals surface area contributed by atoms with Crippen LogP contribution in [0.15, 0.2) is 0 Å². The number of carbonyl (C=O) groups excluding carboxylic acids is 1. The van der Waals surface area contributed by atoms with Gasteiger partial charge in [-0.2, -0.15) is 0 Å². The quantitative estimate of drug-likeness (QED) is 0.848. The highest BCUT2D eigenvalue weighted by molar-refractivity contribution is 7.13. The summed E-state index contributed by atoms with van der Waals surface area (Å²) in [6.45, 7) is 7.31. The number of carbonyl (C=O) groups is 1. The van der Waals surface area contributed by atoms with Gasteiger partial charge in [-0.3, -0.25) is 4.79 Å². The Balaban J connectivity index is 1.95. The van der Waals surface area contributed by atoms with Crippen LogP contribution in [0.2, 0.25) is 0 Å². The summed E-state index contributed by atoms with van der Waals surface area (Å²) in [6, 6.07) is -0.0594. The highest BCUT2D eigenvalue weighted by Crippen LogP contribution is 2.34. The minimum absolute atomic E-state index is 0.0594. The lowest BCUT2D eigenvalue weighted by atomic mass is 10.0. The molecule has 0 bridgehead atoms. The zero-order valence-corrected chi connectivity index (χ0v) is 13.5. The second-order valence-electron chi connectivity index (χ2n) is 6.56. The van der Waals surface area contributed by atoms with Gasteiger partial charge < -0.3 is 10.4 Å². The molecule has 1 heterocycles. The largest absolute Gasteiger partial charge is 0.390 e. The average Bonchev–Trinajstić information content (AvgIpc) is 2.98. The van der Waals surface area contributed by atoms with Crippen LogP contribution in [0.5, 0.6) is 0 Å². The van der Waals surface area contributed by atoms with Crippen LogP contribution in [-0.4, -0.2) is 27.6 Å². The molecule has 1 aliphatic rings. The topological polar surface area (TPSA) is 62.2 Å². The van der Waals surface area contributed by atoms with Crippen LogP contribution < -0.4 is 5.32 Å². The van der Waals surface area contributed by atoms with E-state index >= 15 is 0 Å². The van der Waals surface area contributed by atoms with Gasteiger partial charge in [-0.15, -0.1) is 11.3 Å². The molecule has 1 saturated carbocycles. The number of aromatic nitrogens is 1. The number of amides is 1. The zero-order chi connectivity index (χ0) is 14.9. The molecule has 1 atom stereocenters. The molecule has 0 radical (unpaired) electrons. The predicted molar refractivity (Wildman–Crippen MR) is 81.1 cm³/mol. The number of rotatable bonds is 6. The van der Waals surface area contributed by atoms with Gasteiger partial charge in [-0.1, -0.05) is 0 Å². The number of aryl methyl sites for hydroxylation is 1. The Bertz CT molecular complexity index is 487. The molecule has 1 amide bonds. The maximum atomic E-state index is 12.3. The lowest BCUT2D eigenvalue weighted by Crippen LogP contribution is -2.38. The van der Waals surface area contributed by atoms with E-state index in [1.165, 1.54) is 24.2 Å². The van der Waals surface area contributed by atoms with Crippen molar-refractivity contribution in [2.45, 2.75) is 65.0 Å². The molecule has 2 rings (SSSR count). The fraction of sp³-hybridized carbons (Fsp3) is 0.733. The first kappa shape index (κ1) is 15.4. The molecular formula is C15H24N2O2S. The van der Waals surface area contributed by atoms with Crippen molar-refractivity contribution in [3.05, 3.63) is 15.6 Å². The SMILES string of the molecule is Cc1nc(CC2CC2)sc1C(=O)NC(C)CC(C)(C)O. The van der Waals surface area contributed by atoms with Crippen LogP contribution in [0.25, 0.3) is 0 Å². The Morgan fingerprint density at radius 2 is 2.20 bits per heavy atom. The maximum absolute atomic E-state index is 12.3. The van der Waals surface area contributed by atoms with Gasteiger partial charge in [-0.05, 0) is 52.9 Å². The molecule has 1 aliphatic carbocycles. The number of hydrogen-bond donors (Lipinski definition) is 2. The third-order valence-corrected chi connectivity index (χ3v) is 4.57. The van der Waals surface area contributed by atoms with Crippen molar-refractivity contribution in [2.75, 3.05) is 0 Å². The highest BCUT2D eigenvalue weighted by Gasteiger charge is 2.25. The van der Waals surface area contributed by atoms with Crippen molar-refractivity contribution < 1.29 is 9.90 Å². The van der Waals surface area contributed by atoms with E-state index in [2.05, 4.69) is 10.3 Å². The number of hydrogen-bond acceptors (Lipinski definition) is 4. The molecule has 4 nitrogen and oxygen atoms in total. The normalized spacial score (nSPS) is 17.1. The second-order valence-corrected chi connectivity index (χ2v) is 7.64. The van der Waals surface area contributed by atoms with E-state index in [1.807, 2.05) is 13.8 Å². The molecule has 112 valence electrons. The van der Waals surface area contributed by atoms with Crippen molar-refractivity contribution in [2.24, 2.45) is 5.92 Å². The summed E-state index contributed by atoms with van der Waals surface area (Å²) in [7, 11) is 0. The monoisotopic (exact) mass is 296 g/mol.